The predicted molar refractivity (Wildman–Crippen MR) is 96.6 cm³/mol. The molecule has 0 aliphatic rings. The number of benzene rings is 2. The number of carbonyl (C=O) groups is 1. The average molecular weight is 356 g/mol. The number of amides is 1. The zero-order valence-corrected chi connectivity index (χ0v) is 13.9. The van der Waals surface area contributed by atoms with Gasteiger partial charge in [-0.05, 0) is 48.0 Å². The van der Waals surface area contributed by atoms with Crippen molar-refractivity contribution in [3.63, 3.8) is 0 Å². The van der Waals surface area contributed by atoms with Crippen LogP contribution in [0, 0.1) is 0 Å². The van der Waals surface area contributed by atoms with Crippen LogP contribution in [-0.4, -0.2) is 20.6 Å². The second-order valence-corrected chi connectivity index (χ2v) is 5.66. The number of nitrogens with zero attached hydrogens (tertiary/aromatic N) is 2. The van der Waals surface area contributed by atoms with E-state index in [9.17, 15) is 4.79 Å². The normalized spacial score (nSPS) is 10.0. The summed E-state index contributed by atoms with van der Waals surface area (Å²) >= 11 is 6.23. The van der Waals surface area contributed by atoms with E-state index in [1.807, 2.05) is 48.5 Å². The molecule has 1 amide bonds. The number of nitrogens with one attached hydrogen (secondary N) is 2. The number of rotatable bonds is 4. The standard InChI is InChI=1S/C16H12N4O2S2/c21-15(14-10-24-20-19-14)18-16(23)17-11-5-4-8-13(9-11)22-12-6-2-1-3-7-12/h1-10H,(H2,17,18,21,23). The zero-order valence-electron chi connectivity index (χ0n) is 12.3. The van der Waals surface area contributed by atoms with E-state index in [2.05, 4.69) is 20.2 Å². The second kappa shape index (κ2) is 7.62. The lowest BCUT2D eigenvalue weighted by molar-refractivity contribution is 0.0973. The van der Waals surface area contributed by atoms with Crippen LogP contribution in [-0.2, 0) is 0 Å². The molecule has 3 rings (SSSR count). The molecule has 3 aromatic rings. The molecule has 6 nitrogen and oxygen atoms in total. The van der Waals surface area contributed by atoms with E-state index in [0.717, 1.165) is 17.3 Å². The molecular weight excluding hydrogens is 344 g/mol. The van der Waals surface area contributed by atoms with Gasteiger partial charge in [-0.25, -0.2) is 0 Å². The van der Waals surface area contributed by atoms with E-state index in [1.165, 1.54) is 0 Å². The number of ether oxygens (including phenoxy) is 1. The van der Waals surface area contributed by atoms with Crippen LogP contribution >= 0.6 is 23.8 Å². The van der Waals surface area contributed by atoms with Crippen LogP contribution in [0.4, 0.5) is 5.69 Å². The highest BCUT2D eigenvalue weighted by Gasteiger charge is 2.10. The fourth-order valence-corrected chi connectivity index (χ4v) is 2.50. The first-order chi connectivity index (χ1) is 11.7. The molecule has 120 valence electrons. The van der Waals surface area contributed by atoms with Crippen molar-refractivity contribution in [1.29, 1.82) is 0 Å². The number of carbonyl (C=O) groups excluding carboxylic acids is 1. The maximum absolute atomic E-state index is 11.9. The molecule has 2 aromatic carbocycles. The maximum atomic E-state index is 11.9. The van der Waals surface area contributed by atoms with Gasteiger partial charge in [0.05, 0.1) is 0 Å². The van der Waals surface area contributed by atoms with Crippen molar-refractivity contribution in [1.82, 2.24) is 14.9 Å². The maximum Gasteiger partial charge on any atom is 0.278 e. The van der Waals surface area contributed by atoms with Crippen molar-refractivity contribution < 1.29 is 9.53 Å². The molecule has 0 aliphatic carbocycles. The first kappa shape index (κ1) is 16.0. The van der Waals surface area contributed by atoms with Gasteiger partial charge in [0, 0.05) is 17.1 Å². The summed E-state index contributed by atoms with van der Waals surface area (Å²) in [7, 11) is 0. The molecule has 24 heavy (non-hydrogen) atoms. The van der Waals surface area contributed by atoms with Gasteiger partial charge in [0.2, 0.25) is 0 Å². The SMILES string of the molecule is O=C(NC(=S)Nc1cccc(Oc2ccccc2)c1)c1csnn1. The van der Waals surface area contributed by atoms with E-state index in [4.69, 9.17) is 17.0 Å². The molecule has 1 aromatic heterocycles. The zero-order chi connectivity index (χ0) is 16.8. The molecule has 0 unspecified atom stereocenters. The lowest BCUT2D eigenvalue weighted by Crippen LogP contribution is -2.34. The first-order valence-corrected chi connectivity index (χ1v) is 8.17. The number of hydrogen-bond donors (Lipinski definition) is 2. The van der Waals surface area contributed by atoms with Crippen LogP contribution in [0.1, 0.15) is 10.5 Å². The number of hydrogen-bond acceptors (Lipinski definition) is 6. The lowest BCUT2D eigenvalue weighted by atomic mass is 10.3. The van der Waals surface area contributed by atoms with Gasteiger partial charge in [-0.3, -0.25) is 10.1 Å². The van der Waals surface area contributed by atoms with Gasteiger partial charge in [0.1, 0.15) is 11.5 Å². The Bertz CT molecular complexity index is 838. The second-order valence-electron chi connectivity index (χ2n) is 4.64. The topological polar surface area (TPSA) is 76.1 Å². The van der Waals surface area contributed by atoms with Crippen molar-refractivity contribution in [2.45, 2.75) is 0 Å². The Morgan fingerprint density at radius 1 is 1.08 bits per heavy atom. The molecule has 0 saturated heterocycles. The van der Waals surface area contributed by atoms with E-state index >= 15 is 0 Å². The number of thiocarbonyl (C=S) groups is 1. The molecule has 1 heterocycles. The summed E-state index contributed by atoms with van der Waals surface area (Å²) in [6.45, 7) is 0. The van der Waals surface area contributed by atoms with Gasteiger partial charge in [-0.1, -0.05) is 28.8 Å². The van der Waals surface area contributed by atoms with Gasteiger partial charge in [0.25, 0.3) is 5.91 Å². The van der Waals surface area contributed by atoms with Gasteiger partial charge in [0.15, 0.2) is 10.8 Å². The largest absolute Gasteiger partial charge is 0.457 e. The molecule has 0 fully saturated rings. The van der Waals surface area contributed by atoms with Crippen molar-refractivity contribution in [2.24, 2.45) is 0 Å². The summed E-state index contributed by atoms with van der Waals surface area (Å²) in [5.41, 5.74) is 0.926. The predicted octanol–water partition coefficient (Wildman–Crippen LogP) is 3.46. The van der Waals surface area contributed by atoms with Crippen molar-refractivity contribution >= 4 is 40.5 Å². The lowest BCUT2D eigenvalue weighted by Gasteiger charge is -2.10. The Balaban J connectivity index is 1.62. The van der Waals surface area contributed by atoms with Crippen LogP contribution in [0.3, 0.4) is 0 Å². The van der Waals surface area contributed by atoms with Crippen LogP contribution in [0.2, 0.25) is 0 Å². The van der Waals surface area contributed by atoms with E-state index in [1.54, 1.807) is 11.4 Å². The highest BCUT2D eigenvalue weighted by atomic mass is 32.1. The molecule has 0 saturated carbocycles. The molecule has 0 radical (unpaired) electrons. The Morgan fingerprint density at radius 2 is 1.88 bits per heavy atom. The van der Waals surface area contributed by atoms with Gasteiger partial charge < -0.3 is 10.1 Å². The smallest absolute Gasteiger partial charge is 0.278 e. The minimum Gasteiger partial charge on any atom is -0.457 e. The van der Waals surface area contributed by atoms with Crippen molar-refractivity contribution in [2.75, 3.05) is 5.32 Å². The Kier molecular flexibility index (Phi) is 5.09. The molecule has 8 heteroatoms. The van der Waals surface area contributed by atoms with E-state index < -0.39 is 5.91 Å². The fraction of sp³-hybridized carbons (Fsp3) is 0. The third-order valence-electron chi connectivity index (χ3n) is 2.89. The molecule has 0 atom stereocenters. The monoisotopic (exact) mass is 356 g/mol. The summed E-state index contributed by atoms with van der Waals surface area (Å²) in [6.07, 6.45) is 0. The third-order valence-corrected chi connectivity index (χ3v) is 3.60. The molecular formula is C16H12N4O2S2. The summed E-state index contributed by atoms with van der Waals surface area (Å²) < 4.78 is 9.39. The summed E-state index contributed by atoms with van der Waals surface area (Å²) in [5, 5.41) is 10.9. The van der Waals surface area contributed by atoms with Crippen LogP contribution in [0.25, 0.3) is 0 Å². The van der Waals surface area contributed by atoms with E-state index in [0.29, 0.717) is 11.4 Å². The Morgan fingerprint density at radius 3 is 2.62 bits per heavy atom. The van der Waals surface area contributed by atoms with Crippen molar-refractivity contribution in [3.05, 3.63) is 65.7 Å². The average Bonchev–Trinajstić information content (AvgIpc) is 3.10. The fourth-order valence-electron chi connectivity index (χ4n) is 1.86. The van der Waals surface area contributed by atoms with E-state index in [-0.39, 0.29) is 10.8 Å². The minimum absolute atomic E-state index is 0.171. The molecule has 2 N–H and O–H groups in total. The number of para-hydroxylation sites is 1. The van der Waals surface area contributed by atoms with Gasteiger partial charge in [-0.2, -0.15) is 0 Å². The molecule has 0 spiro atoms. The molecule has 0 aliphatic heterocycles. The summed E-state index contributed by atoms with van der Waals surface area (Å²) in [6, 6.07) is 16.7. The summed E-state index contributed by atoms with van der Waals surface area (Å²) in [5.74, 6) is 0.989. The number of aromatic nitrogens is 2. The number of anilines is 1. The Hall–Kier alpha value is -2.84. The van der Waals surface area contributed by atoms with Crippen LogP contribution < -0.4 is 15.4 Å². The summed E-state index contributed by atoms with van der Waals surface area (Å²) in [4.78, 5) is 11.9. The first-order valence-electron chi connectivity index (χ1n) is 6.93. The quantitative estimate of drug-likeness (QED) is 0.697. The van der Waals surface area contributed by atoms with Gasteiger partial charge in [-0.15, -0.1) is 5.10 Å². The van der Waals surface area contributed by atoms with Crippen LogP contribution in [0.15, 0.2) is 60.0 Å². The highest BCUT2D eigenvalue weighted by Crippen LogP contribution is 2.23. The van der Waals surface area contributed by atoms with Crippen LogP contribution in [0.5, 0.6) is 11.5 Å². The molecule has 0 bridgehead atoms. The van der Waals surface area contributed by atoms with Gasteiger partial charge >= 0.3 is 0 Å². The highest BCUT2D eigenvalue weighted by molar-refractivity contribution is 7.80. The minimum atomic E-state index is -0.405. The Labute approximate surface area is 147 Å². The van der Waals surface area contributed by atoms with Crippen molar-refractivity contribution in [3.8, 4) is 11.5 Å². The third kappa shape index (κ3) is 4.34.